The molecule has 1 aliphatic carbocycles. The number of fused-ring (bicyclic) bond motifs is 1. The van der Waals surface area contributed by atoms with Gasteiger partial charge in [0, 0.05) is 46.0 Å². The number of nitrogens with zero attached hydrogens (tertiary/aromatic N) is 3. The van der Waals surface area contributed by atoms with Crippen LogP contribution >= 0.6 is 0 Å². The fourth-order valence-electron chi connectivity index (χ4n) is 5.77. The number of carbonyl (C=O) groups is 2. The van der Waals surface area contributed by atoms with E-state index >= 15 is 4.39 Å². The number of carbonyl (C=O) groups excluding carboxylic acids is 2. The molecule has 4 aromatic rings. The first-order valence-corrected chi connectivity index (χ1v) is 13.4. The highest BCUT2D eigenvalue weighted by Gasteiger charge is 2.59. The third-order valence-corrected chi connectivity index (χ3v) is 8.01. The molecule has 2 atom stereocenters. The Morgan fingerprint density at radius 3 is 2.56 bits per heavy atom. The first kappa shape index (κ1) is 26.6. The van der Waals surface area contributed by atoms with Crippen LogP contribution in [0.3, 0.4) is 0 Å². The fourth-order valence-corrected chi connectivity index (χ4v) is 5.77. The molecular formula is C29H28F2N6O4. The van der Waals surface area contributed by atoms with E-state index in [9.17, 15) is 14.0 Å². The standard InChI is InChI=1S/C29H28F2N6O4/c1-4-20-25(37-41-36-20)27(38)33-26(24-23-19(31)11-17(30)12-21(23)40-13-29(24)9-10-29)28(39)32-18-7-5-16(6-8-18)22-14(2)34-35-15(22)3/h5-8,11-12,24,26H,4,9-10,13H2,1-3H3,(H,32,39)(H,33,38)(H,34,35)/t24?,26-/m0/s1. The van der Waals surface area contributed by atoms with Crippen molar-refractivity contribution in [2.24, 2.45) is 5.41 Å². The average Bonchev–Trinajstić information content (AvgIpc) is 3.39. The highest BCUT2D eigenvalue weighted by Crippen LogP contribution is 2.61. The van der Waals surface area contributed by atoms with Crippen molar-refractivity contribution in [3.05, 3.63) is 76.4 Å². The minimum atomic E-state index is -1.24. The van der Waals surface area contributed by atoms with Gasteiger partial charge in [0.15, 0.2) is 5.69 Å². The molecule has 6 rings (SSSR count). The number of aromatic nitrogens is 4. The fraction of sp³-hybridized carbons (Fsp3) is 0.345. The van der Waals surface area contributed by atoms with Gasteiger partial charge in [-0.05, 0) is 56.0 Å². The first-order valence-electron chi connectivity index (χ1n) is 13.4. The Hall–Kier alpha value is -4.61. The van der Waals surface area contributed by atoms with Crippen LogP contribution in [-0.4, -0.2) is 45.0 Å². The number of hydrogen-bond donors (Lipinski definition) is 3. The molecule has 0 radical (unpaired) electrons. The van der Waals surface area contributed by atoms with Gasteiger partial charge in [0.05, 0.1) is 12.3 Å². The lowest BCUT2D eigenvalue weighted by molar-refractivity contribution is -0.119. The Bertz CT molecular complexity index is 1620. The molecule has 2 amide bonds. The molecule has 1 aliphatic heterocycles. The van der Waals surface area contributed by atoms with Crippen LogP contribution in [0.2, 0.25) is 0 Å². The van der Waals surface area contributed by atoms with Gasteiger partial charge in [-0.25, -0.2) is 13.4 Å². The first-order chi connectivity index (χ1) is 19.7. The molecule has 41 heavy (non-hydrogen) atoms. The largest absolute Gasteiger partial charge is 0.492 e. The van der Waals surface area contributed by atoms with Gasteiger partial charge in [-0.15, -0.1) is 0 Å². The second-order valence-electron chi connectivity index (χ2n) is 10.7. The van der Waals surface area contributed by atoms with E-state index in [1.807, 2.05) is 26.0 Å². The SMILES string of the molecule is CCc1nonc1C(=O)N[C@H](C(=O)Nc1ccc(-c2c(C)n[nH]c2C)cc1)C1c2c(F)cc(F)cc2OCC12CC2. The van der Waals surface area contributed by atoms with Gasteiger partial charge in [0.25, 0.3) is 5.91 Å². The van der Waals surface area contributed by atoms with Crippen LogP contribution in [0.4, 0.5) is 14.5 Å². The van der Waals surface area contributed by atoms with Crippen molar-refractivity contribution in [1.82, 2.24) is 25.8 Å². The number of benzene rings is 2. The molecule has 10 nitrogen and oxygen atoms in total. The highest BCUT2D eigenvalue weighted by molar-refractivity contribution is 6.01. The second kappa shape index (κ2) is 10.1. The number of rotatable bonds is 7. The number of H-pyrrole nitrogens is 1. The van der Waals surface area contributed by atoms with Crippen molar-refractivity contribution in [1.29, 1.82) is 0 Å². The van der Waals surface area contributed by atoms with Crippen LogP contribution < -0.4 is 15.4 Å². The van der Waals surface area contributed by atoms with Gasteiger partial charge in [-0.2, -0.15) is 5.10 Å². The molecule has 2 aromatic heterocycles. The van der Waals surface area contributed by atoms with E-state index < -0.39 is 40.8 Å². The summed E-state index contributed by atoms with van der Waals surface area (Å²) in [5.74, 6) is -3.68. The molecule has 2 aliphatic rings. The Morgan fingerprint density at radius 1 is 1.15 bits per heavy atom. The van der Waals surface area contributed by atoms with E-state index in [1.165, 1.54) is 0 Å². The number of hydrogen-bond acceptors (Lipinski definition) is 7. The molecule has 12 heteroatoms. The Kier molecular flexibility index (Phi) is 6.55. The molecule has 3 N–H and O–H groups in total. The number of anilines is 1. The maximum atomic E-state index is 15.4. The zero-order valence-corrected chi connectivity index (χ0v) is 22.7. The molecule has 212 valence electrons. The molecule has 1 spiro atoms. The maximum Gasteiger partial charge on any atom is 0.276 e. The molecular weight excluding hydrogens is 534 g/mol. The van der Waals surface area contributed by atoms with Gasteiger partial charge in [0.1, 0.15) is 29.1 Å². The van der Waals surface area contributed by atoms with Crippen molar-refractivity contribution in [2.45, 2.75) is 52.0 Å². The lowest BCUT2D eigenvalue weighted by Crippen LogP contribution is -2.52. The van der Waals surface area contributed by atoms with Crippen molar-refractivity contribution in [2.75, 3.05) is 11.9 Å². The summed E-state index contributed by atoms with van der Waals surface area (Å²) in [6.45, 7) is 5.78. The number of halogens is 2. The van der Waals surface area contributed by atoms with Crippen molar-refractivity contribution >= 4 is 17.5 Å². The topological polar surface area (TPSA) is 135 Å². The summed E-state index contributed by atoms with van der Waals surface area (Å²) in [7, 11) is 0. The van der Waals surface area contributed by atoms with Crippen LogP contribution in [0, 0.1) is 30.9 Å². The zero-order chi connectivity index (χ0) is 28.9. The molecule has 2 aromatic carbocycles. The van der Waals surface area contributed by atoms with Gasteiger partial charge >= 0.3 is 0 Å². The van der Waals surface area contributed by atoms with E-state index in [0.717, 1.165) is 34.6 Å². The minimum Gasteiger partial charge on any atom is -0.492 e. The van der Waals surface area contributed by atoms with Gasteiger partial charge in [-0.1, -0.05) is 24.2 Å². The minimum absolute atomic E-state index is 0.0182. The molecule has 1 saturated carbocycles. The maximum absolute atomic E-state index is 15.4. The normalized spacial score (nSPS) is 17.4. The van der Waals surface area contributed by atoms with Gasteiger partial charge in [-0.3, -0.25) is 14.7 Å². The smallest absolute Gasteiger partial charge is 0.276 e. The lowest BCUT2D eigenvalue weighted by atomic mass is 9.75. The quantitative estimate of drug-likeness (QED) is 0.299. The number of aryl methyl sites for hydroxylation is 3. The van der Waals surface area contributed by atoms with E-state index in [1.54, 1.807) is 19.1 Å². The highest BCUT2D eigenvalue weighted by atomic mass is 19.1. The Balaban J connectivity index is 1.36. The summed E-state index contributed by atoms with van der Waals surface area (Å²) >= 11 is 0. The summed E-state index contributed by atoms with van der Waals surface area (Å²) in [6, 6.07) is 7.83. The number of aromatic amines is 1. The molecule has 0 bridgehead atoms. The van der Waals surface area contributed by atoms with Crippen LogP contribution in [0.5, 0.6) is 5.75 Å². The predicted octanol–water partition coefficient (Wildman–Crippen LogP) is 4.61. The van der Waals surface area contributed by atoms with E-state index in [-0.39, 0.29) is 23.6 Å². The van der Waals surface area contributed by atoms with Crippen LogP contribution in [0.1, 0.15) is 58.8 Å². The second-order valence-corrected chi connectivity index (χ2v) is 10.7. The average molecular weight is 563 g/mol. The summed E-state index contributed by atoms with van der Waals surface area (Å²) < 4.78 is 40.0. The molecule has 3 heterocycles. The van der Waals surface area contributed by atoms with Crippen LogP contribution in [0.15, 0.2) is 41.0 Å². The number of amides is 2. The summed E-state index contributed by atoms with van der Waals surface area (Å²) in [5, 5.41) is 20.3. The van der Waals surface area contributed by atoms with Gasteiger partial charge < -0.3 is 15.4 Å². The Labute approximate surface area is 233 Å². The van der Waals surface area contributed by atoms with Crippen molar-refractivity contribution < 1.29 is 27.7 Å². The number of nitrogens with one attached hydrogen (secondary N) is 3. The lowest BCUT2D eigenvalue weighted by Gasteiger charge is -2.38. The molecule has 1 unspecified atom stereocenters. The summed E-state index contributed by atoms with van der Waals surface area (Å²) in [5.41, 5.74) is 3.86. The van der Waals surface area contributed by atoms with Crippen LogP contribution in [-0.2, 0) is 11.2 Å². The summed E-state index contributed by atoms with van der Waals surface area (Å²) in [4.78, 5) is 27.3. The monoisotopic (exact) mass is 562 g/mol. The predicted molar refractivity (Wildman–Crippen MR) is 143 cm³/mol. The third-order valence-electron chi connectivity index (χ3n) is 8.01. The Morgan fingerprint density at radius 2 is 1.90 bits per heavy atom. The van der Waals surface area contributed by atoms with Crippen LogP contribution in [0.25, 0.3) is 11.1 Å². The molecule has 0 saturated heterocycles. The number of ether oxygens (including phenoxy) is 1. The summed E-state index contributed by atoms with van der Waals surface area (Å²) in [6.07, 6.45) is 1.68. The van der Waals surface area contributed by atoms with Crippen molar-refractivity contribution in [3.8, 4) is 16.9 Å². The van der Waals surface area contributed by atoms with E-state index in [0.29, 0.717) is 30.6 Å². The van der Waals surface area contributed by atoms with E-state index in [2.05, 4.69) is 31.1 Å². The zero-order valence-electron chi connectivity index (χ0n) is 22.7. The third kappa shape index (κ3) is 4.72. The van der Waals surface area contributed by atoms with E-state index in [4.69, 9.17) is 9.37 Å². The van der Waals surface area contributed by atoms with Gasteiger partial charge in [0.2, 0.25) is 5.91 Å². The molecule has 1 fully saturated rings. The van der Waals surface area contributed by atoms with Crippen molar-refractivity contribution in [3.63, 3.8) is 0 Å².